The van der Waals surface area contributed by atoms with Crippen molar-refractivity contribution < 1.29 is 0 Å². The molecule has 0 spiro atoms. The SMILES string of the molecule is Cc1cc(C(c2ccccc2)c2ccccc2)c2c(c1)[C@@H](c1ccccc1)c1cccc[c]1[Ge][N]2[Si](C(C)C)(C(C)C)C(C)C. The van der Waals surface area contributed by atoms with E-state index in [9.17, 15) is 0 Å². The van der Waals surface area contributed by atoms with Crippen molar-refractivity contribution in [1.82, 2.24) is 0 Å². The standard InChI is InChI=1S/C42H47GeNSi/c1-29(2)45(30(3)4,31(5)6)44-42-37(40(33-19-11-8-12-20-33)34-21-13-9-14-22-34)27-32(7)28-38(42)41(35-23-15-10-16-24-35)36-25-17-18-26-39(36)43-44/h8-31,40-41H,1-7H3/t41-/m0/s1. The van der Waals surface area contributed by atoms with Crippen LogP contribution in [0.5, 0.6) is 0 Å². The van der Waals surface area contributed by atoms with E-state index in [-0.39, 0.29) is 11.8 Å². The zero-order valence-corrected chi connectivity index (χ0v) is 31.1. The summed E-state index contributed by atoms with van der Waals surface area (Å²) in [6.45, 7) is 17.5. The molecule has 3 heteroatoms. The molecule has 1 aliphatic heterocycles. The van der Waals surface area contributed by atoms with E-state index in [2.05, 4.69) is 179 Å². The molecule has 1 nitrogen and oxygen atoms in total. The van der Waals surface area contributed by atoms with Gasteiger partial charge in [-0.2, -0.15) is 0 Å². The molecular weight excluding hydrogens is 619 g/mol. The first-order valence-electron chi connectivity index (χ1n) is 16.7. The van der Waals surface area contributed by atoms with E-state index in [0.29, 0.717) is 16.6 Å². The van der Waals surface area contributed by atoms with Crippen molar-refractivity contribution in [3.63, 3.8) is 0 Å². The van der Waals surface area contributed by atoms with Gasteiger partial charge in [0.05, 0.1) is 0 Å². The average molecular weight is 667 g/mol. The molecule has 1 aliphatic rings. The molecule has 0 unspecified atom stereocenters. The van der Waals surface area contributed by atoms with E-state index in [1.165, 1.54) is 44.6 Å². The number of anilines is 1. The number of hydrogen-bond donors (Lipinski definition) is 0. The van der Waals surface area contributed by atoms with Gasteiger partial charge in [-0.25, -0.2) is 0 Å². The van der Waals surface area contributed by atoms with Crippen LogP contribution in [-0.2, 0) is 0 Å². The van der Waals surface area contributed by atoms with Gasteiger partial charge in [-0.3, -0.25) is 0 Å². The van der Waals surface area contributed by atoms with Gasteiger partial charge in [0.1, 0.15) is 0 Å². The minimum absolute atomic E-state index is 0.144. The number of rotatable bonds is 8. The topological polar surface area (TPSA) is 3.24 Å². The second-order valence-electron chi connectivity index (χ2n) is 13.8. The zero-order chi connectivity index (χ0) is 31.7. The van der Waals surface area contributed by atoms with Gasteiger partial charge in [-0.1, -0.05) is 0 Å². The fraction of sp³-hybridized carbons (Fsp3) is 0.286. The van der Waals surface area contributed by atoms with Gasteiger partial charge in [0.25, 0.3) is 0 Å². The Hall–Kier alpha value is -3.34. The summed E-state index contributed by atoms with van der Waals surface area (Å²) in [4.78, 5) is 0. The van der Waals surface area contributed by atoms with Crippen molar-refractivity contribution in [2.75, 3.05) is 3.52 Å². The van der Waals surface area contributed by atoms with Gasteiger partial charge < -0.3 is 0 Å². The molecule has 45 heavy (non-hydrogen) atoms. The van der Waals surface area contributed by atoms with Crippen LogP contribution in [0.1, 0.15) is 92.3 Å². The summed E-state index contributed by atoms with van der Waals surface area (Å²) < 4.78 is 4.73. The molecule has 5 aromatic carbocycles. The maximum atomic E-state index is 3.15. The predicted molar refractivity (Wildman–Crippen MR) is 198 cm³/mol. The Morgan fingerprint density at radius 3 is 1.60 bits per heavy atom. The number of benzene rings is 5. The van der Waals surface area contributed by atoms with Crippen LogP contribution in [0.15, 0.2) is 127 Å². The average Bonchev–Trinajstić information content (AvgIpc) is 3.17. The molecule has 0 bridgehead atoms. The Labute approximate surface area is 279 Å². The zero-order valence-electron chi connectivity index (χ0n) is 28.0. The van der Waals surface area contributed by atoms with Gasteiger partial charge in [0.2, 0.25) is 0 Å². The maximum absolute atomic E-state index is 3.15. The number of aryl methyl sites for hydroxylation is 1. The predicted octanol–water partition coefficient (Wildman–Crippen LogP) is 10.6. The summed E-state index contributed by atoms with van der Waals surface area (Å²) in [7, 11) is -2.12. The van der Waals surface area contributed by atoms with Crippen LogP contribution < -0.4 is 7.92 Å². The number of nitrogens with zero attached hydrogens (tertiary/aromatic N) is 1. The second kappa shape index (κ2) is 13.2. The van der Waals surface area contributed by atoms with Crippen LogP contribution in [0.4, 0.5) is 5.69 Å². The first-order chi connectivity index (χ1) is 21.7. The van der Waals surface area contributed by atoms with Crippen LogP contribution >= 0.6 is 0 Å². The van der Waals surface area contributed by atoms with Gasteiger partial charge in [0.15, 0.2) is 0 Å². The van der Waals surface area contributed by atoms with E-state index in [0.717, 1.165) is 0 Å². The Kier molecular flexibility index (Phi) is 9.27. The Morgan fingerprint density at radius 2 is 1.07 bits per heavy atom. The molecule has 228 valence electrons. The van der Waals surface area contributed by atoms with Crippen LogP contribution in [0.25, 0.3) is 0 Å². The van der Waals surface area contributed by atoms with E-state index in [1.54, 1.807) is 4.40 Å². The third-order valence-corrected chi connectivity index (χ3v) is 22.2. The van der Waals surface area contributed by atoms with E-state index < -0.39 is 23.9 Å². The summed E-state index contributed by atoms with van der Waals surface area (Å²) >= 11 is -0.690. The summed E-state index contributed by atoms with van der Waals surface area (Å²) in [5, 5.41) is 0. The third kappa shape index (κ3) is 5.66. The van der Waals surface area contributed by atoms with Gasteiger partial charge in [-0.15, -0.1) is 0 Å². The summed E-state index contributed by atoms with van der Waals surface area (Å²) in [5.74, 6) is 0.334. The Morgan fingerprint density at radius 1 is 0.578 bits per heavy atom. The number of fused-ring (bicyclic) bond motifs is 2. The molecule has 5 aromatic rings. The van der Waals surface area contributed by atoms with Crippen LogP contribution in [0, 0.1) is 6.92 Å². The molecule has 0 N–H and O–H groups in total. The monoisotopic (exact) mass is 667 g/mol. The quantitative estimate of drug-likeness (QED) is 0.118. The molecule has 0 amide bonds. The summed E-state index contributed by atoms with van der Waals surface area (Å²) in [6, 6.07) is 48.3. The van der Waals surface area contributed by atoms with E-state index >= 15 is 0 Å². The molecule has 2 radical (unpaired) electrons. The van der Waals surface area contributed by atoms with Crippen LogP contribution in [0.2, 0.25) is 16.6 Å². The fourth-order valence-electron chi connectivity index (χ4n) is 8.64. The minimum atomic E-state index is -2.12. The van der Waals surface area contributed by atoms with Crippen molar-refractivity contribution in [3.8, 4) is 0 Å². The van der Waals surface area contributed by atoms with E-state index in [1.807, 2.05) is 0 Å². The van der Waals surface area contributed by atoms with Gasteiger partial charge in [0, 0.05) is 0 Å². The Bertz CT molecular complexity index is 1670. The molecule has 0 saturated heterocycles. The third-order valence-electron chi connectivity index (χ3n) is 10.2. The van der Waals surface area contributed by atoms with Crippen LogP contribution in [-0.4, -0.2) is 23.9 Å². The van der Waals surface area contributed by atoms with Crippen molar-refractivity contribution in [1.29, 1.82) is 0 Å². The van der Waals surface area contributed by atoms with E-state index in [4.69, 9.17) is 0 Å². The molecular formula is C42H47GeNSi. The summed E-state index contributed by atoms with van der Waals surface area (Å²) in [6.07, 6.45) is 0. The van der Waals surface area contributed by atoms with Gasteiger partial charge in [-0.05, 0) is 0 Å². The first-order valence-corrected chi connectivity index (χ1v) is 20.9. The molecule has 0 fully saturated rings. The second-order valence-corrected chi connectivity index (χ2v) is 22.9. The summed E-state index contributed by atoms with van der Waals surface area (Å²) in [5.41, 5.74) is 13.3. The fourth-order valence-corrected chi connectivity index (χ4v) is 24.1. The van der Waals surface area contributed by atoms with Crippen molar-refractivity contribution in [3.05, 3.63) is 166 Å². The molecule has 6 rings (SSSR count). The Balaban J connectivity index is 1.79. The van der Waals surface area contributed by atoms with Crippen molar-refractivity contribution in [2.45, 2.75) is 76.9 Å². The normalized spacial score (nSPS) is 15.0. The molecule has 0 saturated carbocycles. The first kappa shape index (κ1) is 31.6. The van der Waals surface area contributed by atoms with Crippen molar-refractivity contribution >= 4 is 34.0 Å². The van der Waals surface area contributed by atoms with Crippen LogP contribution in [0.3, 0.4) is 0 Å². The van der Waals surface area contributed by atoms with Gasteiger partial charge >= 0.3 is 281 Å². The molecule has 0 aromatic heterocycles. The molecule has 1 atom stereocenters. The molecule has 1 heterocycles. The van der Waals surface area contributed by atoms with Crippen molar-refractivity contribution in [2.24, 2.45) is 0 Å². The molecule has 0 aliphatic carbocycles. The number of hydrogen-bond acceptors (Lipinski definition) is 1.